The lowest BCUT2D eigenvalue weighted by Gasteiger charge is -2.32. The highest BCUT2D eigenvalue weighted by atomic mass is 79.9. The Labute approximate surface area is 804 Å². The van der Waals surface area contributed by atoms with Crippen molar-refractivity contribution in [2.45, 2.75) is 207 Å². The highest BCUT2D eigenvalue weighted by Gasteiger charge is 2.33. The Hall–Kier alpha value is -12.6. The van der Waals surface area contributed by atoms with Crippen LogP contribution in [0, 0.1) is 35.5 Å². The van der Waals surface area contributed by atoms with Crippen LogP contribution in [0.15, 0.2) is 195 Å². The lowest BCUT2D eigenvalue weighted by molar-refractivity contribution is -0.688. The molecule has 4 aliphatic rings. The molecule has 0 aliphatic carbocycles. The van der Waals surface area contributed by atoms with Crippen molar-refractivity contribution in [2.75, 3.05) is 64.8 Å². The van der Waals surface area contributed by atoms with E-state index in [1.54, 1.807) is 50.5 Å². The third kappa shape index (κ3) is 41.7. The summed E-state index contributed by atoms with van der Waals surface area (Å²) in [5, 5.41) is 24.0. The fourth-order valence-corrected chi connectivity index (χ4v) is 15.8. The Balaban J connectivity index is 0.000000326. The van der Waals surface area contributed by atoms with Crippen molar-refractivity contribution >= 4 is 122 Å². The first-order valence-electron chi connectivity index (χ1n) is 47.2. The van der Waals surface area contributed by atoms with Crippen LogP contribution in [-0.4, -0.2) is 191 Å². The number of alkyl halides is 5. The number of unbranched alkanes of at least 4 members (excludes halogenated alkanes) is 6. The number of pyridine rings is 2. The first-order chi connectivity index (χ1) is 65.5. The van der Waals surface area contributed by atoms with Gasteiger partial charge in [-0.25, -0.2) is 4.57 Å². The van der Waals surface area contributed by atoms with Gasteiger partial charge in [-0.2, -0.15) is 13.2 Å². The standard InChI is InChI=1S/C50H62N6O7.C27H35BrN2O5.C24H29N3O2.C2HF3O2.CH3F/c1-36(2)48(53-45(59)17-8-5-11-30-56-46(60)24-25-47(56)61)43(57)33-37(3)49(62)52-42-21-18-40(19-22-42)35-54-29-12-14-39(34-54)20-23-44(58)51-28-10-9-13-38-26-31-55(32-27-38)50(63)41-15-6-4-7-16-41;1-18(2)23(16-22(31)7-5-4-6-14-30-25(33)12-13-26(30)34)27(35)29-19(3)24(32)15-20-8-10-21(17-28)11-9-20;28-23(12-11-21-8-6-15-25-19-21)26-16-5-4-7-20-13-17-27(18-14-20)24(29)22-9-2-1-3-10-22;3-2(4,5)1(6)7;1-2/h4,6-7,12,14-16,18-25,29,34,36-38,48H,5,8-11,13,17,26-28,30-33,35H2,1-3H3,(H2-,51,52,53,58,59,62);8-13,18-19,23H,4-7,14-17H2,1-3H3,(H,29,35);1-3,6,8-12,15,19-20H,4-5,7,13-14,16-18H2,(H,26,28);(H,6,7);1H3/b23-20+;;12-11+;;/t37-,48+;19-,23-;;;/m10.../s1/i;;;;1D. The van der Waals surface area contributed by atoms with Crippen LogP contribution in [0.3, 0.4) is 0 Å². The van der Waals surface area contributed by atoms with E-state index in [1.165, 1.54) is 34.1 Å². The van der Waals surface area contributed by atoms with Gasteiger partial charge in [-0.05, 0) is 172 Å². The number of rotatable bonds is 46. The number of hydrogen-bond acceptors (Lipinski definition) is 17. The number of hydrogen-bond donors (Lipinski definition) is 5. The molecule has 0 radical (unpaired) electrons. The molecule has 32 heteroatoms. The lowest BCUT2D eigenvalue weighted by atomic mass is 9.88. The summed E-state index contributed by atoms with van der Waals surface area (Å²) in [4.78, 5) is 192. The third-order valence-corrected chi connectivity index (χ3v) is 24.1. The number of aromatic nitrogens is 2. The normalized spacial score (nSPS) is 14.8. The Morgan fingerprint density at radius 3 is 1.48 bits per heavy atom. The number of imide groups is 2. The highest BCUT2D eigenvalue weighted by Crippen LogP contribution is 2.28. The number of nitrogens with zero attached hydrogens (tertiary/aromatic N) is 6. The molecule has 0 saturated carbocycles. The molecule has 6 aromatic rings. The number of aliphatic carboxylic acids is 1. The van der Waals surface area contributed by atoms with Crippen molar-refractivity contribution in [1.82, 2.24) is 45.9 Å². The van der Waals surface area contributed by atoms with Gasteiger partial charge in [0.15, 0.2) is 30.5 Å². The van der Waals surface area contributed by atoms with Crippen molar-refractivity contribution in [2.24, 2.45) is 35.5 Å². The molecule has 0 bridgehead atoms. The number of Topliss-reactive ketones (excluding diaryl/α,β-unsaturated/α-hetero) is 3. The van der Waals surface area contributed by atoms with Crippen LogP contribution in [-0.2, 0) is 80.6 Å². The predicted octanol–water partition coefficient (Wildman–Crippen LogP) is 13.8. The molecule has 136 heavy (non-hydrogen) atoms. The van der Waals surface area contributed by atoms with E-state index in [0.717, 1.165) is 135 Å². The number of piperidine rings is 2. The summed E-state index contributed by atoms with van der Waals surface area (Å²) in [6.07, 6.45) is 29.0. The van der Waals surface area contributed by atoms with E-state index in [1.807, 2.05) is 188 Å². The zero-order valence-electron chi connectivity index (χ0n) is 79.5. The van der Waals surface area contributed by atoms with Crippen molar-refractivity contribution in [3.05, 3.63) is 234 Å². The van der Waals surface area contributed by atoms with E-state index in [9.17, 15) is 84.7 Å². The minimum Gasteiger partial charge on any atom is -0.542 e. The average molecular weight is 1950 g/mol. The van der Waals surface area contributed by atoms with Crippen molar-refractivity contribution in [1.29, 1.82) is 0 Å². The molecule has 4 atom stereocenters. The van der Waals surface area contributed by atoms with Gasteiger partial charge in [0.1, 0.15) is 11.8 Å². The summed E-state index contributed by atoms with van der Waals surface area (Å²) in [5.74, 6) is -5.32. The van der Waals surface area contributed by atoms with Crippen LogP contribution in [0.2, 0.25) is 0 Å². The Kier molecular flexibility index (Phi) is 49.3. The number of carboxylic acids is 1. The van der Waals surface area contributed by atoms with Crippen LogP contribution in [0.5, 0.6) is 0 Å². The minimum atomic E-state index is -5.19. The molecule has 0 spiro atoms. The number of halogens is 5. The number of nitrogens with one attached hydrogen (secondary N) is 5. The molecular formula is C104H130BrF4N11O16. The summed E-state index contributed by atoms with van der Waals surface area (Å²) in [6.45, 7) is 16.7. The van der Waals surface area contributed by atoms with Gasteiger partial charge in [0.25, 0.3) is 35.4 Å². The third-order valence-electron chi connectivity index (χ3n) is 23.5. The zero-order chi connectivity index (χ0) is 100. The molecule has 11 amide bonds. The second-order valence-corrected chi connectivity index (χ2v) is 35.3. The van der Waals surface area contributed by atoms with Gasteiger partial charge in [0, 0.05) is 184 Å². The van der Waals surface area contributed by atoms with Crippen LogP contribution >= 0.6 is 15.9 Å². The predicted molar refractivity (Wildman–Crippen MR) is 513 cm³/mol. The first-order valence-corrected chi connectivity index (χ1v) is 47.6. The number of carboxylic acid groups (broad SMARTS) is 1. The quantitative estimate of drug-likeness (QED) is 0.00592. The Morgan fingerprint density at radius 1 is 0.544 bits per heavy atom. The Morgan fingerprint density at radius 2 is 1.01 bits per heavy atom. The van der Waals surface area contributed by atoms with E-state index < -0.39 is 43.2 Å². The topological polar surface area (TPSA) is 369 Å². The highest BCUT2D eigenvalue weighted by molar-refractivity contribution is 9.08. The summed E-state index contributed by atoms with van der Waals surface area (Å²) >= 11 is 3.40. The molecule has 5 N–H and O–H groups in total. The second kappa shape index (κ2) is 60.7. The number of benzene rings is 4. The van der Waals surface area contributed by atoms with Crippen molar-refractivity contribution in [3.8, 4) is 0 Å². The van der Waals surface area contributed by atoms with Crippen LogP contribution in [0.4, 0.5) is 23.2 Å². The minimum absolute atomic E-state index is 0.000275. The van der Waals surface area contributed by atoms with Gasteiger partial charge in [0.2, 0.25) is 29.5 Å². The van der Waals surface area contributed by atoms with E-state index >= 15 is 0 Å². The van der Waals surface area contributed by atoms with Gasteiger partial charge in [-0.15, -0.1) is 0 Å². The summed E-state index contributed by atoms with van der Waals surface area (Å²) in [6, 6.07) is 40.5. The molecule has 4 aliphatic heterocycles. The van der Waals surface area contributed by atoms with Gasteiger partial charge >= 0.3 is 6.18 Å². The van der Waals surface area contributed by atoms with Crippen LogP contribution < -0.4 is 36.3 Å². The SMILES string of the molecule is CC(C)[C@H](CC(=O)CCCCCN1C(=O)C=CC1=O)C(=O)N[C@@H](C)C(=O)Cc1ccc(CBr)cc1.CC(C)[C@H](NC(=O)CCCCCN1C(=O)C=CC1=O)C(=O)C[C@@H](C)C(=O)Nc1ccc(C[n+]2cccc(/C=C/C(=O)NCCCCC3CCN(C(=O)c4ccccc4)CC3)c2)cc1.O=C(/C=C/c1cccnc1)NCCCCC1CCN(C(=O)c2ccccc2)CC1.O=C([O-])C(F)(F)F.[2H]CF. The van der Waals surface area contributed by atoms with Gasteiger partial charge in [0.05, 0.1) is 20.6 Å². The molecular weight excluding hydrogens is 1820 g/mol. The molecule has 10 rings (SSSR count). The number of ketones is 3. The molecule has 6 heterocycles. The van der Waals surface area contributed by atoms with Gasteiger partial charge in [-0.3, -0.25) is 86.3 Å². The van der Waals surface area contributed by atoms with E-state index in [0.29, 0.717) is 95.2 Å². The molecule has 2 aromatic heterocycles. The van der Waals surface area contributed by atoms with Crippen LogP contribution in [0.1, 0.15) is 220 Å². The van der Waals surface area contributed by atoms with E-state index in [4.69, 9.17) is 11.3 Å². The average Bonchev–Trinajstić information content (AvgIpc) is 1.40. The Bertz CT molecular complexity index is 5000. The number of anilines is 1. The fourth-order valence-electron chi connectivity index (χ4n) is 15.4. The maximum absolute atomic E-state index is 13.2. The molecule has 2 saturated heterocycles. The maximum atomic E-state index is 13.2. The first kappa shape index (κ1) is 110. The molecule has 732 valence electrons. The largest absolute Gasteiger partial charge is 0.542 e. The molecule has 0 unspecified atom stereocenters. The summed E-state index contributed by atoms with van der Waals surface area (Å²) in [7, 11) is -1.00. The molecule has 4 aromatic carbocycles. The lowest BCUT2D eigenvalue weighted by Crippen LogP contribution is -2.45. The molecule has 27 nitrogen and oxygen atoms in total. The zero-order valence-corrected chi connectivity index (χ0v) is 80.1. The smallest absolute Gasteiger partial charge is 0.430 e. The number of carbonyl (C=O) groups is 15. The summed E-state index contributed by atoms with van der Waals surface area (Å²) < 4.78 is 49.1. The monoisotopic (exact) mass is 1940 g/mol. The fraction of sp³-hybridized carbons (Fsp3) is 0.452. The number of likely N-dealkylation sites (tertiary alicyclic amines) is 2. The van der Waals surface area contributed by atoms with Gasteiger partial charge in [-0.1, -0.05) is 168 Å². The van der Waals surface area contributed by atoms with Crippen molar-refractivity contribution in [3.63, 3.8) is 0 Å². The van der Waals surface area contributed by atoms with Crippen molar-refractivity contribution < 1.29 is 101 Å². The van der Waals surface area contributed by atoms with Crippen LogP contribution in [0.25, 0.3) is 12.2 Å². The van der Waals surface area contributed by atoms with E-state index in [2.05, 4.69) is 47.5 Å². The van der Waals surface area contributed by atoms with E-state index in [-0.39, 0.29) is 120 Å². The summed E-state index contributed by atoms with van der Waals surface area (Å²) in [5.41, 5.74) is 6.97. The maximum Gasteiger partial charge on any atom is 0.430 e. The second-order valence-electron chi connectivity index (χ2n) is 34.7. The number of amides is 11. The van der Waals surface area contributed by atoms with Gasteiger partial charge < -0.3 is 46.3 Å². The molecule has 2 fully saturated rings. The number of carbonyl (C=O) groups excluding carboxylic acids is 15.